The first-order valence-electron chi connectivity index (χ1n) is 5.80. The van der Waals surface area contributed by atoms with Crippen LogP contribution in [0.1, 0.15) is 20.8 Å². The number of alkyl halides is 3. The lowest BCUT2D eigenvalue weighted by Gasteiger charge is -2.24. The number of carbonyl (C=O) groups is 2. The van der Waals surface area contributed by atoms with Crippen LogP contribution in [0.25, 0.3) is 0 Å². The Kier molecular flexibility index (Phi) is 7.62. The number of esters is 1. The van der Waals surface area contributed by atoms with Crippen molar-refractivity contribution in [2.75, 3.05) is 19.8 Å². The molecule has 0 aliphatic carbocycles. The first-order chi connectivity index (χ1) is 8.79. The average molecular weight is 286 g/mol. The van der Waals surface area contributed by atoms with E-state index in [9.17, 15) is 22.8 Å². The molecule has 8 heteroatoms. The van der Waals surface area contributed by atoms with E-state index in [4.69, 9.17) is 9.47 Å². The van der Waals surface area contributed by atoms with Crippen LogP contribution in [0.5, 0.6) is 0 Å². The molecule has 1 unspecified atom stereocenters. The molecule has 1 atom stereocenters. The number of rotatable bonds is 8. The molecule has 0 fully saturated rings. The van der Waals surface area contributed by atoms with Crippen LogP contribution in [0.15, 0.2) is 0 Å². The molecular formula is C11H17F3O5. The summed E-state index contributed by atoms with van der Waals surface area (Å²) in [6.07, 6.45) is -6.77. The van der Waals surface area contributed by atoms with E-state index in [0.29, 0.717) is 0 Å². The third-order valence-electron chi connectivity index (χ3n) is 2.04. The summed E-state index contributed by atoms with van der Waals surface area (Å²) < 4.78 is 51.7. The van der Waals surface area contributed by atoms with E-state index in [-0.39, 0.29) is 19.8 Å². The van der Waals surface area contributed by atoms with Crippen molar-refractivity contribution in [3.8, 4) is 0 Å². The predicted molar refractivity (Wildman–Crippen MR) is 58.2 cm³/mol. The molecule has 112 valence electrons. The van der Waals surface area contributed by atoms with E-state index >= 15 is 0 Å². The summed E-state index contributed by atoms with van der Waals surface area (Å²) in [5, 5.41) is 0. The minimum Gasteiger partial charge on any atom is -0.465 e. The van der Waals surface area contributed by atoms with Gasteiger partial charge in [0, 0.05) is 13.2 Å². The van der Waals surface area contributed by atoms with Crippen LogP contribution in [0.4, 0.5) is 13.2 Å². The predicted octanol–water partition coefficient (Wildman–Crippen LogP) is 1.70. The number of Topliss-reactive ketones (excluding diaryl/α,β-unsaturated/α-hetero) is 1. The number of ether oxygens (including phenoxy) is 3. The number of carbonyl (C=O) groups excluding carboxylic acids is 2. The minimum absolute atomic E-state index is 0.00823. The fourth-order valence-electron chi connectivity index (χ4n) is 1.32. The van der Waals surface area contributed by atoms with Gasteiger partial charge >= 0.3 is 12.1 Å². The molecular weight excluding hydrogens is 269 g/mol. The summed E-state index contributed by atoms with van der Waals surface area (Å²) in [6, 6.07) is 0. The molecule has 0 heterocycles. The van der Waals surface area contributed by atoms with Gasteiger partial charge in [-0.1, -0.05) is 0 Å². The Morgan fingerprint density at radius 2 is 1.47 bits per heavy atom. The summed E-state index contributed by atoms with van der Waals surface area (Å²) in [5.74, 6) is -5.71. The Morgan fingerprint density at radius 1 is 1.00 bits per heavy atom. The number of halogens is 3. The van der Waals surface area contributed by atoms with E-state index in [1.165, 1.54) is 20.8 Å². The Morgan fingerprint density at radius 3 is 1.79 bits per heavy atom. The van der Waals surface area contributed by atoms with E-state index in [0.717, 1.165) is 0 Å². The molecule has 0 saturated heterocycles. The first-order valence-corrected chi connectivity index (χ1v) is 5.80. The average Bonchev–Trinajstić information content (AvgIpc) is 2.29. The second-order valence-corrected chi connectivity index (χ2v) is 3.37. The summed E-state index contributed by atoms with van der Waals surface area (Å²) >= 11 is 0. The molecule has 0 aromatic heterocycles. The number of hydrogen-bond donors (Lipinski definition) is 0. The van der Waals surface area contributed by atoms with Crippen molar-refractivity contribution in [2.45, 2.75) is 33.2 Å². The maximum Gasteiger partial charge on any atom is 0.451 e. The maximum atomic E-state index is 12.5. The molecule has 0 bridgehead atoms. The first kappa shape index (κ1) is 17.8. The van der Waals surface area contributed by atoms with Crippen molar-refractivity contribution in [1.29, 1.82) is 0 Å². The topological polar surface area (TPSA) is 61.8 Å². The third kappa shape index (κ3) is 5.56. The maximum absolute atomic E-state index is 12.5. The molecule has 0 rings (SSSR count). The van der Waals surface area contributed by atoms with Gasteiger partial charge in [0.25, 0.3) is 5.78 Å². The Bertz CT molecular complexity index is 297. The lowest BCUT2D eigenvalue weighted by atomic mass is 10.0. The van der Waals surface area contributed by atoms with Crippen LogP contribution in [0, 0.1) is 5.92 Å². The summed E-state index contributed by atoms with van der Waals surface area (Å²) in [6.45, 7) is 4.27. The smallest absolute Gasteiger partial charge is 0.451 e. The van der Waals surface area contributed by atoms with Crippen LogP contribution in [-0.2, 0) is 23.8 Å². The second-order valence-electron chi connectivity index (χ2n) is 3.37. The zero-order valence-electron chi connectivity index (χ0n) is 11.0. The second kappa shape index (κ2) is 8.11. The molecule has 0 aromatic carbocycles. The van der Waals surface area contributed by atoms with Crippen molar-refractivity contribution in [3.05, 3.63) is 0 Å². The molecule has 0 N–H and O–H groups in total. The largest absolute Gasteiger partial charge is 0.465 e. The third-order valence-corrected chi connectivity index (χ3v) is 2.04. The van der Waals surface area contributed by atoms with Crippen LogP contribution in [-0.4, -0.2) is 44.0 Å². The van der Waals surface area contributed by atoms with Gasteiger partial charge < -0.3 is 14.2 Å². The van der Waals surface area contributed by atoms with Gasteiger partial charge in [-0.3, -0.25) is 9.59 Å². The molecule has 0 aromatic rings. The van der Waals surface area contributed by atoms with Gasteiger partial charge in [-0.15, -0.1) is 0 Å². The fourth-order valence-corrected chi connectivity index (χ4v) is 1.32. The Balaban J connectivity index is 5.22. The van der Waals surface area contributed by atoms with Crippen LogP contribution < -0.4 is 0 Å². The normalized spacial score (nSPS) is 13.4. The number of ketones is 1. The molecule has 0 radical (unpaired) electrons. The van der Waals surface area contributed by atoms with Gasteiger partial charge in [-0.2, -0.15) is 13.2 Å². The highest BCUT2D eigenvalue weighted by Gasteiger charge is 2.51. The van der Waals surface area contributed by atoms with E-state index < -0.39 is 30.1 Å². The van der Waals surface area contributed by atoms with E-state index in [1.54, 1.807) is 0 Å². The van der Waals surface area contributed by atoms with E-state index in [1.807, 2.05) is 0 Å². The standard InChI is InChI=1S/C11H17F3O5/c1-4-17-9(16)7(8(15)11(12,13)14)10(18-5-2)19-6-3/h7,10H,4-6H2,1-3H3. The summed E-state index contributed by atoms with van der Waals surface area (Å²) in [4.78, 5) is 22.8. The van der Waals surface area contributed by atoms with Crippen molar-refractivity contribution >= 4 is 11.8 Å². The lowest BCUT2D eigenvalue weighted by molar-refractivity contribution is -0.210. The Labute approximate surface area is 109 Å². The van der Waals surface area contributed by atoms with Gasteiger partial charge in [0.1, 0.15) is 0 Å². The molecule has 0 amide bonds. The van der Waals surface area contributed by atoms with Crippen molar-refractivity contribution < 1.29 is 37.0 Å². The fraction of sp³-hybridized carbons (Fsp3) is 0.818. The van der Waals surface area contributed by atoms with Gasteiger partial charge in [0.15, 0.2) is 12.2 Å². The van der Waals surface area contributed by atoms with Gasteiger partial charge in [0.2, 0.25) is 0 Å². The van der Waals surface area contributed by atoms with E-state index in [2.05, 4.69) is 4.74 Å². The number of hydrogen-bond acceptors (Lipinski definition) is 5. The summed E-state index contributed by atoms with van der Waals surface area (Å²) in [5.41, 5.74) is 0. The zero-order chi connectivity index (χ0) is 15.1. The van der Waals surface area contributed by atoms with Crippen LogP contribution >= 0.6 is 0 Å². The Hall–Kier alpha value is -1.15. The molecule has 5 nitrogen and oxygen atoms in total. The van der Waals surface area contributed by atoms with Gasteiger partial charge in [-0.05, 0) is 20.8 Å². The highest BCUT2D eigenvalue weighted by atomic mass is 19.4. The quantitative estimate of drug-likeness (QED) is 0.386. The van der Waals surface area contributed by atoms with Gasteiger partial charge in [0.05, 0.1) is 6.61 Å². The zero-order valence-corrected chi connectivity index (χ0v) is 11.0. The lowest BCUT2D eigenvalue weighted by Crippen LogP contribution is -2.45. The highest BCUT2D eigenvalue weighted by Crippen LogP contribution is 2.25. The van der Waals surface area contributed by atoms with Crippen molar-refractivity contribution in [2.24, 2.45) is 5.92 Å². The van der Waals surface area contributed by atoms with Crippen LogP contribution in [0.2, 0.25) is 0 Å². The van der Waals surface area contributed by atoms with Crippen molar-refractivity contribution in [1.82, 2.24) is 0 Å². The molecule has 19 heavy (non-hydrogen) atoms. The molecule has 0 spiro atoms. The van der Waals surface area contributed by atoms with Gasteiger partial charge in [-0.25, -0.2) is 0 Å². The van der Waals surface area contributed by atoms with Crippen molar-refractivity contribution in [3.63, 3.8) is 0 Å². The monoisotopic (exact) mass is 286 g/mol. The molecule has 0 saturated carbocycles. The SMILES string of the molecule is CCOC(=O)C(C(=O)C(F)(F)F)C(OCC)OCC. The molecule has 0 aliphatic heterocycles. The highest BCUT2D eigenvalue weighted by molar-refractivity contribution is 6.02. The van der Waals surface area contributed by atoms with Crippen LogP contribution in [0.3, 0.4) is 0 Å². The minimum atomic E-state index is -5.16. The molecule has 0 aliphatic rings. The summed E-state index contributed by atoms with van der Waals surface area (Å²) in [7, 11) is 0.